The fraction of sp³-hybridized carbons (Fsp3) is 0.722. The summed E-state index contributed by atoms with van der Waals surface area (Å²) in [5.74, 6) is -0.100. The third kappa shape index (κ3) is 15.0. The van der Waals surface area contributed by atoms with Crippen molar-refractivity contribution < 1.29 is 9.53 Å². The van der Waals surface area contributed by atoms with Gasteiger partial charge in [-0.2, -0.15) is 0 Å². The van der Waals surface area contributed by atoms with E-state index in [1.807, 2.05) is 13.8 Å². The smallest absolute Gasteiger partial charge is 0.306 e. The van der Waals surface area contributed by atoms with Gasteiger partial charge in [-0.1, -0.05) is 45.1 Å². The zero-order chi connectivity index (χ0) is 15.4. The average molecular weight is 280 g/mol. The normalized spacial score (nSPS) is 12.7. The number of rotatable bonds is 9. The van der Waals surface area contributed by atoms with Crippen molar-refractivity contribution in [2.75, 3.05) is 0 Å². The van der Waals surface area contributed by atoms with Crippen molar-refractivity contribution in [3.8, 4) is 0 Å². The highest BCUT2D eigenvalue weighted by atomic mass is 16.5. The third-order valence-electron chi connectivity index (χ3n) is 2.66. The summed E-state index contributed by atoms with van der Waals surface area (Å²) in [6.45, 7) is 10.4. The topological polar surface area (TPSA) is 26.3 Å². The molecule has 2 nitrogen and oxygen atoms in total. The van der Waals surface area contributed by atoms with Gasteiger partial charge in [0.2, 0.25) is 0 Å². The maximum atomic E-state index is 11.3. The standard InChI is InChI=1S/C18H32O2/c1-16(2)20-17(19)14-12-10-8-6-7-9-11-13-15-18(3,4)5/h8,10,13,15-16H,6-7,9,11-12,14H2,1-5H3. The Bertz CT molecular complexity index is 306. The van der Waals surface area contributed by atoms with Crippen LogP contribution in [0.2, 0.25) is 0 Å². The number of allylic oxidation sites excluding steroid dienone is 4. The van der Waals surface area contributed by atoms with Crippen molar-refractivity contribution in [1.29, 1.82) is 0 Å². The van der Waals surface area contributed by atoms with Gasteiger partial charge in [-0.15, -0.1) is 0 Å². The molecule has 0 N–H and O–H groups in total. The molecule has 0 spiro atoms. The van der Waals surface area contributed by atoms with Gasteiger partial charge in [0.05, 0.1) is 6.10 Å². The van der Waals surface area contributed by atoms with E-state index < -0.39 is 0 Å². The molecular formula is C18H32O2. The van der Waals surface area contributed by atoms with E-state index in [0.717, 1.165) is 19.3 Å². The number of carbonyl (C=O) groups excluding carboxylic acids is 1. The van der Waals surface area contributed by atoms with Gasteiger partial charge >= 0.3 is 5.97 Å². The lowest BCUT2D eigenvalue weighted by Gasteiger charge is -2.10. The molecule has 2 heteroatoms. The summed E-state index contributed by atoms with van der Waals surface area (Å²) >= 11 is 0. The van der Waals surface area contributed by atoms with Gasteiger partial charge in [-0.05, 0) is 51.4 Å². The summed E-state index contributed by atoms with van der Waals surface area (Å²) in [6, 6.07) is 0. The van der Waals surface area contributed by atoms with Crippen molar-refractivity contribution in [3.63, 3.8) is 0 Å². The Morgan fingerprint density at radius 1 is 1.00 bits per heavy atom. The first-order valence-corrected chi connectivity index (χ1v) is 7.83. The Balaban J connectivity index is 3.45. The fourth-order valence-corrected chi connectivity index (χ4v) is 1.72. The van der Waals surface area contributed by atoms with Gasteiger partial charge in [-0.3, -0.25) is 4.79 Å². The summed E-state index contributed by atoms with van der Waals surface area (Å²) in [5.41, 5.74) is 0.296. The van der Waals surface area contributed by atoms with E-state index in [1.54, 1.807) is 0 Å². The molecule has 0 aliphatic rings. The SMILES string of the molecule is CC(C)OC(=O)CCC=CCCCCC=CC(C)(C)C. The van der Waals surface area contributed by atoms with Crippen molar-refractivity contribution in [2.45, 2.75) is 79.2 Å². The van der Waals surface area contributed by atoms with Gasteiger partial charge in [0.25, 0.3) is 0 Å². The van der Waals surface area contributed by atoms with Crippen LogP contribution in [0.3, 0.4) is 0 Å². The van der Waals surface area contributed by atoms with E-state index in [9.17, 15) is 4.79 Å². The van der Waals surface area contributed by atoms with E-state index in [-0.39, 0.29) is 12.1 Å². The van der Waals surface area contributed by atoms with Crippen LogP contribution < -0.4 is 0 Å². The Labute approximate surface area is 125 Å². The molecule has 0 unspecified atom stereocenters. The van der Waals surface area contributed by atoms with Crippen molar-refractivity contribution >= 4 is 5.97 Å². The number of esters is 1. The van der Waals surface area contributed by atoms with Crippen LogP contribution in [0.1, 0.15) is 73.1 Å². The van der Waals surface area contributed by atoms with Crippen LogP contribution in [0.15, 0.2) is 24.3 Å². The van der Waals surface area contributed by atoms with Crippen molar-refractivity contribution in [3.05, 3.63) is 24.3 Å². The van der Waals surface area contributed by atoms with E-state index in [2.05, 4.69) is 45.1 Å². The maximum Gasteiger partial charge on any atom is 0.306 e. The highest BCUT2D eigenvalue weighted by molar-refractivity contribution is 5.69. The molecule has 20 heavy (non-hydrogen) atoms. The quantitative estimate of drug-likeness (QED) is 0.319. The van der Waals surface area contributed by atoms with E-state index in [4.69, 9.17) is 4.74 Å². The fourth-order valence-electron chi connectivity index (χ4n) is 1.72. The molecular weight excluding hydrogens is 248 g/mol. The van der Waals surface area contributed by atoms with Crippen LogP contribution in [-0.4, -0.2) is 12.1 Å². The first kappa shape index (κ1) is 18.9. The van der Waals surface area contributed by atoms with Crippen molar-refractivity contribution in [2.24, 2.45) is 5.41 Å². The molecule has 0 saturated carbocycles. The second-order valence-electron chi connectivity index (χ2n) is 6.60. The number of hydrogen-bond acceptors (Lipinski definition) is 2. The summed E-state index contributed by atoms with van der Waals surface area (Å²) in [7, 11) is 0. The van der Waals surface area contributed by atoms with Crippen LogP contribution >= 0.6 is 0 Å². The van der Waals surface area contributed by atoms with Crippen molar-refractivity contribution in [1.82, 2.24) is 0 Å². The highest BCUT2D eigenvalue weighted by Gasteiger charge is 2.03. The monoisotopic (exact) mass is 280 g/mol. The molecule has 0 amide bonds. The summed E-state index contributed by atoms with van der Waals surface area (Å²) in [6.07, 6.45) is 14.8. The summed E-state index contributed by atoms with van der Waals surface area (Å²) < 4.78 is 5.07. The second kappa shape index (κ2) is 10.7. The molecule has 0 aromatic rings. The van der Waals surface area contributed by atoms with Crippen LogP contribution in [0, 0.1) is 5.41 Å². The minimum Gasteiger partial charge on any atom is -0.463 e. The summed E-state index contributed by atoms with van der Waals surface area (Å²) in [5, 5.41) is 0. The average Bonchev–Trinajstić information content (AvgIpc) is 2.29. The predicted octanol–water partition coefficient (Wildman–Crippen LogP) is 5.44. The molecule has 0 aliphatic carbocycles. The maximum absolute atomic E-state index is 11.3. The zero-order valence-corrected chi connectivity index (χ0v) is 13.9. The lowest BCUT2D eigenvalue weighted by Crippen LogP contribution is -2.10. The molecule has 0 heterocycles. The first-order valence-electron chi connectivity index (χ1n) is 7.83. The molecule has 0 radical (unpaired) electrons. The number of ether oxygens (including phenoxy) is 1. The predicted molar refractivity (Wildman–Crippen MR) is 86.7 cm³/mol. The number of hydrogen-bond donors (Lipinski definition) is 0. The van der Waals surface area contributed by atoms with Crippen LogP contribution in [0.4, 0.5) is 0 Å². The van der Waals surface area contributed by atoms with Gasteiger partial charge < -0.3 is 4.74 Å². The zero-order valence-electron chi connectivity index (χ0n) is 13.9. The highest BCUT2D eigenvalue weighted by Crippen LogP contribution is 2.15. The van der Waals surface area contributed by atoms with Crippen LogP contribution in [-0.2, 0) is 9.53 Å². The Morgan fingerprint density at radius 2 is 1.55 bits per heavy atom. The lowest BCUT2D eigenvalue weighted by molar-refractivity contribution is -0.147. The molecule has 0 fully saturated rings. The Kier molecular flexibility index (Phi) is 10.1. The molecule has 0 rings (SSSR count). The minimum absolute atomic E-state index is 0.00682. The van der Waals surface area contributed by atoms with Crippen LogP contribution in [0.25, 0.3) is 0 Å². The molecule has 0 aromatic carbocycles. The minimum atomic E-state index is -0.100. The van der Waals surface area contributed by atoms with Gasteiger partial charge in [-0.25, -0.2) is 0 Å². The van der Waals surface area contributed by atoms with Gasteiger partial charge in [0.15, 0.2) is 0 Å². The number of carbonyl (C=O) groups is 1. The van der Waals surface area contributed by atoms with E-state index >= 15 is 0 Å². The molecule has 0 bridgehead atoms. The van der Waals surface area contributed by atoms with Gasteiger partial charge in [0, 0.05) is 6.42 Å². The molecule has 0 saturated heterocycles. The lowest BCUT2D eigenvalue weighted by atomic mass is 9.96. The van der Waals surface area contributed by atoms with E-state index in [1.165, 1.54) is 12.8 Å². The van der Waals surface area contributed by atoms with Gasteiger partial charge in [0.1, 0.15) is 0 Å². The Hall–Kier alpha value is -1.05. The molecule has 0 aromatic heterocycles. The first-order chi connectivity index (χ1) is 9.31. The second-order valence-corrected chi connectivity index (χ2v) is 6.60. The molecule has 0 aliphatic heterocycles. The third-order valence-corrected chi connectivity index (χ3v) is 2.66. The number of unbranched alkanes of at least 4 members (excludes halogenated alkanes) is 3. The largest absolute Gasteiger partial charge is 0.463 e. The van der Waals surface area contributed by atoms with Crippen LogP contribution in [0.5, 0.6) is 0 Å². The summed E-state index contributed by atoms with van der Waals surface area (Å²) in [4.78, 5) is 11.3. The molecule has 116 valence electrons. The molecule has 0 atom stereocenters. The Morgan fingerprint density at radius 3 is 2.10 bits per heavy atom. The van der Waals surface area contributed by atoms with E-state index in [0.29, 0.717) is 11.8 Å².